The number of hydrogen-bond acceptors (Lipinski definition) is 5. The van der Waals surface area contributed by atoms with E-state index in [9.17, 15) is 9.59 Å². The first-order valence-electron chi connectivity index (χ1n) is 7.65. The van der Waals surface area contributed by atoms with Gasteiger partial charge in [-0.15, -0.1) is 0 Å². The largest absolute Gasteiger partial charge is 0.461 e. The quantitative estimate of drug-likeness (QED) is 0.815. The van der Waals surface area contributed by atoms with Crippen molar-refractivity contribution in [2.75, 3.05) is 18.5 Å². The van der Waals surface area contributed by atoms with Crippen LogP contribution in [0, 0.1) is 0 Å². The standard InChI is InChI=1S/C16H15Cl2N3O4/c1-2-24-15(22)14-10-8-21(6-5-13(10)25-20-14)16(23)19-9-3-4-11(17)12(18)7-9/h3-4,7H,2,5-6,8H2,1H3,(H,19,23). The van der Waals surface area contributed by atoms with E-state index >= 15 is 0 Å². The Morgan fingerprint density at radius 2 is 2.16 bits per heavy atom. The van der Waals surface area contributed by atoms with Crippen molar-refractivity contribution in [3.63, 3.8) is 0 Å². The summed E-state index contributed by atoms with van der Waals surface area (Å²) in [5.74, 6) is 0.0425. The Bertz CT molecular complexity index is 822. The normalized spacial score (nSPS) is 13.3. The van der Waals surface area contributed by atoms with Crippen molar-refractivity contribution in [2.24, 2.45) is 0 Å². The molecule has 0 saturated carbocycles. The molecule has 0 spiro atoms. The van der Waals surface area contributed by atoms with Gasteiger partial charge in [-0.2, -0.15) is 0 Å². The molecule has 1 aromatic carbocycles. The highest BCUT2D eigenvalue weighted by Crippen LogP contribution is 2.26. The predicted molar refractivity (Wildman–Crippen MR) is 92.1 cm³/mol. The van der Waals surface area contributed by atoms with Crippen molar-refractivity contribution in [1.82, 2.24) is 10.1 Å². The van der Waals surface area contributed by atoms with Crippen LogP contribution < -0.4 is 5.32 Å². The van der Waals surface area contributed by atoms with Gasteiger partial charge in [-0.25, -0.2) is 9.59 Å². The van der Waals surface area contributed by atoms with Crippen LogP contribution in [0.5, 0.6) is 0 Å². The maximum absolute atomic E-state index is 12.5. The summed E-state index contributed by atoms with van der Waals surface area (Å²) in [6.45, 7) is 2.60. The first-order chi connectivity index (χ1) is 12.0. The van der Waals surface area contributed by atoms with Crippen molar-refractivity contribution in [3.05, 3.63) is 45.3 Å². The van der Waals surface area contributed by atoms with E-state index in [2.05, 4.69) is 10.5 Å². The summed E-state index contributed by atoms with van der Waals surface area (Å²) in [7, 11) is 0. The van der Waals surface area contributed by atoms with E-state index < -0.39 is 5.97 Å². The minimum absolute atomic E-state index is 0.115. The number of hydrogen-bond donors (Lipinski definition) is 1. The maximum Gasteiger partial charge on any atom is 0.360 e. The molecule has 3 rings (SSSR count). The molecule has 0 fully saturated rings. The Balaban J connectivity index is 1.73. The minimum atomic E-state index is -0.556. The van der Waals surface area contributed by atoms with Gasteiger partial charge in [0, 0.05) is 24.2 Å². The molecule has 0 bridgehead atoms. The van der Waals surface area contributed by atoms with Gasteiger partial charge in [-0.3, -0.25) is 0 Å². The molecule has 1 N–H and O–H groups in total. The molecule has 1 aromatic heterocycles. The van der Waals surface area contributed by atoms with Gasteiger partial charge < -0.3 is 19.5 Å². The fraction of sp³-hybridized carbons (Fsp3) is 0.312. The number of amides is 2. The van der Waals surface area contributed by atoms with Gasteiger partial charge in [0.2, 0.25) is 0 Å². The molecule has 1 aliphatic rings. The van der Waals surface area contributed by atoms with Crippen LogP contribution in [0.2, 0.25) is 10.0 Å². The monoisotopic (exact) mass is 383 g/mol. The number of aromatic nitrogens is 1. The number of esters is 1. The second kappa shape index (κ2) is 7.33. The number of anilines is 1. The average Bonchev–Trinajstić information content (AvgIpc) is 3.01. The Kier molecular flexibility index (Phi) is 5.15. The number of benzene rings is 1. The zero-order valence-electron chi connectivity index (χ0n) is 13.3. The van der Waals surface area contributed by atoms with E-state index in [0.29, 0.717) is 40.0 Å². The first kappa shape index (κ1) is 17.6. The lowest BCUT2D eigenvalue weighted by molar-refractivity contribution is 0.0512. The Morgan fingerprint density at radius 3 is 2.88 bits per heavy atom. The molecular formula is C16H15Cl2N3O4. The number of nitrogens with one attached hydrogen (secondary N) is 1. The van der Waals surface area contributed by atoms with Gasteiger partial charge in [-0.1, -0.05) is 28.4 Å². The van der Waals surface area contributed by atoms with E-state index in [1.807, 2.05) is 0 Å². The number of fused-ring (bicyclic) bond motifs is 1. The number of urea groups is 1. The second-order valence-corrected chi connectivity index (χ2v) is 6.20. The van der Waals surface area contributed by atoms with Crippen LogP contribution in [0.25, 0.3) is 0 Å². The van der Waals surface area contributed by atoms with Crippen molar-refractivity contribution in [2.45, 2.75) is 19.9 Å². The molecule has 2 amide bonds. The molecule has 9 heteroatoms. The van der Waals surface area contributed by atoms with Crippen LogP contribution in [0.3, 0.4) is 0 Å². The summed E-state index contributed by atoms with van der Waals surface area (Å²) in [6.07, 6.45) is 0.469. The van der Waals surface area contributed by atoms with Crippen LogP contribution in [-0.4, -0.2) is 35.2 Å². The SMILES string of the molecule is CCOC(=O)c1noc2c1CN(C(=O)Nc1ccc(Cl)c(Cl)c1)CC2. The summed E-state index contributed by atoms with van der Waals surface area (Å²) in [4.78, 5) is 26.0. The number of carbonyl (C=O) groups is 2. The molecule has 1 aliphatic heterocycles. The third-order valence-electron chi connectivity index (χ3n) is 3.75. The fourth-order valence-corrected chi connectivity index (χ4v) is 2.82. The molecule has 0 radical (unpaired) electrons. The van der Waals surface area contributed by atoms with Gasteiger partial charge in [0.1, 0.15) is 5.76 Å². The summed E-state index contributed by atoms with van der Waals surface area (Å²) >= 11 is 11.8. The maximum atomic E-state index is 12.5. The number of nitrogens with zero attached hydrogens (tertiary/aromatic N) is 2. The average molecular weight is 384 g/mol. The predicted octanol–water partition coefficient (Wildman–Crippen LogP) is 3.75. The number of rotatable bonds is 3. The van der Waals surface area contributed by atoms with Crippen LogP contribution in [0.15, 0.2) is 22.7 Å². The van der Waals surface area contributed by atoms with E-state index in [1.54, 1.807) is 30.0 Å². The van der Waals surface area contributed by atoms with Crippen molar-refractivity contribution in [3.8, 4) is 0 Å². The van der Waals surface area contributed by atoms with Crippen molar-refractivity contribution in [1.29, 1.82) is 0 Å². The number of ether oxygens (including phenoxy) is 1. The lowest BCUT2D eigenvalue weighted by Crippen LogP contribution is -2.39. The summed E-state index contributed by atoms with van der Waals surface area (Å²) in [5, 5.41) is 7.29. The van der Waals surface area contributed by atoms with E-state index in [1.165, 1.54) is 0 Å². The summed E-state index contributed by atoms with van der Waals surface area (Å²) in [5.41, 5.74) is 1.22. The number of carbonyl (C=O) groups excluding carboxylic acids is 2. The molecule has 132 valence electrons. The van der Waals surface area contributed by atoms with Gasteiger partial charge in [0.05, 0.1) is 23.2 Å². The van der Waals surface area contributed by atoms with Crippen LogP contribution in [0.1, 0.15) is 28.7 Å². The van der Waals surface area contributed by atoms with Gasteiger partial charge in [0.15, 0.2) is 5.69 Å². The van der Waals surface area contributed by atoms with Crippen LogP contribution >= 0.6 is 23.2 Å². The second-order valence-electron chi connectivity index (χ2n) is 5.38. The zero-order chi connectivity index (χ0) is 18.0. The third-order valence-corrected chi connectivity index (χ3v) is 4.49. The fourth-order valence-electron chi connectivity index (χ4n) is 2.52. The lowest BCUT2D eigenvalue weighted by Gasteiger charge is -2.26. The highest BCUT2D eigenvalue weighted by Gasteiger charge is 2.30. The van der Waals surface area contributed by atoms with Gasteiger partial charge >= 0.3 is 12.0 Å². The van der Waals surface area contributed by atoms with E-state index in [-0.39, 0.29) is 24.9 Å². The molecule has 0 atom stereocenters. The highest BCUT2D eigenvalue weighted by atomic mass is 35.5. The molecule has 2 aromatic rings. The zero-order valence-corrected chi connectivity index (χ0v) is 14.9. The number of halogens is 2. The Hall–Kier alpha value is -2.25. The Labute approximate surface area is 153 Å². The molecule has 2 heterocycles. The smallest absolute Gasteiger partial charge is 0.360 e. The molecule has 7 nitrogen and oxygen atoms in total. The van der Waals surface area contributed by atoms with Crippen LogP contribution in [0.4, 0.5) is 10.5 Å². The van der Waals surface area contributed by atoms with E-state index in [4.69, 9.17) is 32.5 Å². The highest BCUT2D eigenvalue weighted by molar-refractivity contribution is 6.42. The van der Waals surface area contributed by atoms with Gasteiger partial charge in [-0.05, 0) is 25.1 Å². The molecule has 25 heavy (non-hydrogen) atoms. The lowest BCUT2D eigenvalue weighted by atomic mass is 10.1. The first-order valence-corrected chi connectivity index (χ1v) is 8.40. The molecule has 0 unspecified atom stereocenters. The third kappa shape index (κ3) is 3.72. The van der Waals surface area contributed by atoms with Crippen molar-refractivity contribution >= 4 is 40.9 Å². The summed E-state index contributed by atoms with van der Waals surface area (Å²) in [6, 6.07) is 4.51. The Morgan fingerprint density at radius 1 is 1.36 bits per heavy atom. The topological polar surface area (TPSA) is 84.7 Å². The van der Waals surface area contributed by atoms with Gasteiger partial charge in [0.25, 0.3) is 0 Å². The van der Waals surface area contributed by atoms with Crippen molar-refractivity contribution < 1.29 is 18.8 Å². The van der Waals surface area contributed by atoms with Crippen LogP contribution in [-0.2, 0) is 17.7 Å². The molecule has 0 saturated heterocycles. The van der Waals surface area contributed by atoms with E-state index in [0.717, 1.165) is 0 Å². The minimum Gasteiger partial charge on any atom is -0.461 e. The molecule has 0 aliphatic carbocycles. The summed E-state index contributed by atoms with van der Waals surface area (Å²) < 4.78 is 10.1. The molecular weight excluding hydrogens is 369 g/mol.